The van der Waals surface area contributed by atoms with Gasteiger partial charge in [0.15, 0.2) is 0 Å². The molecule has 2 N–H and O–H groups in total. The van der Waals surface area contributed by atoms with Gasteiger partial charge >= 0.3 is 6.18 Å². The van der Waals surface area contributed by atoms with Crippen molar-refractivity contribution in [2.24, 2.45) is 5.73 Å². The fourth-order valence-electron chi connectivity index (χ4n) is 1.93. The smallest absolute Gasteiger partial charge is 0.426 e. The molecule has 2 aromatic rings. The summed E-state index contributed by atoms with van der Waals surface area (Å²) < 4.78 is 42.6. The summed E-state index contributed by atoms with van der Waals surface area (Å²) in [7, 11) is 0. The lowest BCUT2D eigenvalue weighted by Crippen LogP contribution is -2.40. The molecule has 5 heteroatoms. The van der Waals surface area contributed by atoms with E-state index in [4.69, 9.17) is 10.5 Å². The SMILES string of the molecule is NCC(Oc1ccc(Cc2ccccc2)cc1)C(F)(F)F. The standard InChI is InChI=1S/C16H16F3NO/c17-16(18,19)15(11-20)21-14-8-6-13(7-9-14)10-12-4-2-1-3-5-12/h1-9,15H,10-11,20H2. The summed E-state index contributed by atoms with van der Waals surface area (Å²) in [6.45, 7) is -0.602. The Bertz CT molecular complexity index is 552. The topological polar surface area (TPSA) is 35.2 Å². The average Bonchev–Trinajstić information content (AvgIpc) is 2.46. The number of hydrogen-bond donors (Lipinski definition) is 1. The molecule has 0 aliphatic rings. The molecule has 0 aromatic heterocycles. The van der Waals surface area contributed by atoms with Gasteiger partial charge in [0.2, 0.25) is 6.10 Å². The van der Waals surface area contributed by atoms with Crippen LogP contribution < -0.4 is 10.5 Å². The molecule has 0 saturated carbocycles. The summed E-state index contributed by atoms with van der Waals surface area (Å²) in [4.78, 5) is 0. The molecule has 1 atom stereocenters. The Balaban J connectivity index is 2.02. The van der Waals surface area contributed by atoms with Gasteiger partial charge in [-0.25, -0.2) is 0 Å². The second-order valence-corrected chi connectivity index (χ2v) is 4.69. The van der Waals surface area contributed by atoms with Gasteiger partial charge < -0.3 is 10.5 Å². The van der Waals surface area contributed by atoms with Crippen molar-refractivity contribution in [3.63, 3.8) is 0 Å². The average molecular weight is 295 g/mol. The van der Waals surface area contributed by atoms with Crippen LogP contribution in [0, 0.1) is 0 Å². The normalized spacial score (nSPS) is 13.0. The highest BCUT2D eigenvalue weighted by Gasteiger charge is 2.40. The molecule has 1 unspecified atom stereocenters. The zero-order valence-corrected chi connectivity index (χ0v) is 11.3. The Morgan fingerprint density at radius 1 is 0.905 bits per heavy atom. The van der Waals surface area contributed by atoms with Crippen molar-refractivity contribution < 1.29 is 17.9 Å². The maximum absolute atomic E-state index is 12.6. The van der Waals surface area contributed by atoms with E-state index in [1.54, 1.807) is 12.1 Å². The molecule has 0 radical (unpaired) electrons. The number of nitrogens with two attached hydrogens (primary N) is 1. The Hall–Kier alpha value is -2.01. The van der Waals surface area contributed by atoms with E-state index < -0.39 is 18.8 Å². The molecule has 0 amide bonds. The zero-order chi connectivity index (χ0) is 15.3. The third kappa shape index (κ3) is 4.49. The minimum Gasteiger partial charge on any atom is -0.480 e. The fourth-order valence-corrected chi connectivity index (χ4v) is 1.93. The van der Waals surface area contributed by atoms with Crippen LogP contribution in [0.2, 0.25) is 0 Å². The molecule has 2 aromatic carbocycles. The third-order valence-corrected chi connectivity index (χ3v) is 3.03. The van der Waals surface area contributed by atoms with Gasteiger partial charge in [0.25, 0.3) is 0 Å². The van der Waals surface area contributed by atoms with Crippen LogP contribution in [0.1, 0.15) is 11.1 Å². The molecule has 0 heterocycles. The van der Waals surface area contributed by atoms with Crippen molar-refractivity contribution in [2.75, 3.05) is 6.54 Å². The Labute approximate surface area is 121 Å². The molecule has 112 valence electrons. The molecular weight excluding hydrogens is 279 g/mol. The van der Waals surface area contributed by atoms with Gasteiger partial charge in [0.1, 0.15) is 5.75 Å². The highest BCUT2D eigenvalue weighted by atomic mass is 19.4. The first-order chi connectivity index (χ1) is 9.99. The summed E-state index contributed by atoms with van der Waals surface area (Å²) in [5, 5.41) is 0. The van der Waals surface area contributed by atoms with Gasteiger partial charge in [-0.05, 0) is 29.7 Å². The number of halogens is 3. The summed E-state index contributed by atoms with van der Waals surface area (Å²) in [6.07, 6.45) is -5.71. The molecule has 0 saturated heterocycles. The largest absolute Gasteiger partial charge is 0.480 e. The van der Waals surface area contributed by atoms with E-state index in [0.29, 0.717) is 0 Å². The number of alkyl halides is 3. The molecule has 21 heavy (non-hydrogen) atoms. The van der Waals surface area contributed by atoms with Crippen LogP contribution in [0.25, 0.3) is 0 Å². The highest BCUT2D eigenvalue weighted by Crippen LogP contribution is 2.25. The summed E-state index contributed by atoms with van der Waals surface area (Å²) in [5.41, 5.74) is 7.24. The predicted molar refractivity (Wildman–Crippen MR) is 75.2 cm³/mol. The fraction of sp³-hybridized carbons (Fsp3) is 0.250. The second-order valence-electron chi connectivity index (χ2n) is 4.69. The molecule has 0 aliphatic heterocycles. The summed E-state index contributed by atoms with van der Waals surface area (Å²) in [5.74, 6) is 0.166. The van der Waals surface area contributed by atoms with Crippen molar-refractivity contribution in [1.29, 1.82) is 0 Å². The van der Waals surface area contributed by atoms with Gasteiger partial charge in [-0.1, -0.05) is 42.5 Å². The van der Waals surface area contributed by atoms with Crippen LogP contribution >= 0.6 is 0 Å². The van der Waals surface area contributed by atoms with Crippen LogP contribution in [-0.4, -0.2) is 18.8 Å². The molecule has 0 aliphatic carbocycles. The van der Waals surface area contributed by atoms with Gasteiger partial charge in [-0.15, -0.1) is 0 Å². The van der Waals surface area contributed by atoms with Gasteiger partial charge in [-0.2, -0.15) is 13.2 Å². The van der Waals surface area contributed by atoms with Gasteiger partial charge in [0, 0.05) is 6.54 Å². The van der Waals surface area contributed by atoms with Crippen LogP contribution in [-0.2, 0) is 6.42 Å². The van der Waals surface area contributed by atoms with Gasteiger partial charge in [-0.3, -0.25) is 0 Å². The number of rotatable bonds is 5. The zero-order valence-electron chi connectivity index (χ0n) is 11.3. The maximum Gasteiger partial charge on any atom is 0.426 e. The van der Waals surface area contributed by atoms with E-state index in [1.807, 2.05) is 30.3 Å². The van der Waals surface area contributed by atoms with Crippen molar-refractivity contribution >= 4 is 0 Å². The first-order valence-electron chi connectivity index (χ1n) is 6.55. The predicted octanol–water partition coefficient (Wildman–Crippen LogP) is 3.55. The molecule has 2 rings (SSSR count). The van der Waals surface area contributed by atoms with Crippen LogP contribution in [0.3, 0.4) is 0 Å². The minimum atomic E-state index is -4.46. The van der Waals surface area contributed by atoms with E-state index >= 15 is 0 Å². The lowest BCUT2D eigenvalue weighted by Gasteiger charge is -2.20. The number of hydrogen-bond acceptors (Lipinski definition) is 2. The van der Waals surface area contributed by atoms with Crippen molar-refractivity contribution in [3.8, 4) is 5.75 Å². The Morgan fingerprint density at radius 3 is 2.00 bits per heavy atom. The molecule has 2 nitrogen and oxygen atoms in total. The molecule has 0 fully saturated rings. The van der Waals surface area contributed by atoms with E-state index in [9.17, 15) is 13.2 Å². The maximum atomic E-state index is 12.6. The number of ether oxygens (including phenoxy) is 1. The van der Waals surface area contributed by atoms with E-state index in [1.165, 1.54) is 12.1 Å². The van der Waals surface area contributed by atoms with Crippen LogP contribution in [0.4, 0.5) is 13.2 Å². The van der Waals surface area contributed by atoms with E-state index in [-0.39, 0.29) is 5.75 Å². The molecule has 0 bridgehead atoms. The molecular formula is C16H16F3NO. The summed E-state index contributed by atoms with van der Waals surface area (Å²) in [6, 6.07) is 16.4. The second kappa shape index (κ2) is 6.63. The Morgan fingerprint density at radius 2 is 1.48 bits per heavy atom. The molecule has 0 spiro atoms. The monoisotopic (exact) mass is 295 g/mol. The van der Waals surface area contributed by atoms with Crippen molar-refractivity contribution in [1.82, 2.24) is 0 Å². The number of benzene rings is 2. The van der Waals surface area contributed by atoms with E-state index in [0.717, 1.165) is 17.5 Å². The van der Waals surface area contributed by atoms with Crippen LogP contribution in [0.5, 0.6) is 5.75 Å². The minimum absolute atomic E-state index is 0.166. The first-order valence-corrected chi connectivity index (χ1v) is 6.55. The quantitative estimate of drug-likeness (QED) is 0.915. The Kier molecular flexibility index (Phi) is 4.85. The van der Waals surface area contributed by atoms with Gasteiger partial charge in [0.05, 0.1) is 0 Å². The first kappa shape index (κ1) is 15.4. The van der Waals surface area contributed by atoms with Crippen molar-refractivity contribution in [3.05, 3.63) is 65.7 Å². The lowest BCUT2D eigenvalue weighted by atomic mass is 10.1. The van der Waals surface area contributed by atoms with E-state index in [2.05, 4.69) is 0 Å². The highest BCUT2D eigenvalue weighted by molar-refractivity contribution is 5.31. The third-order valence-electron chi connectivity index (χ3n) is 3.03. The lowest BCUT2D eigenvalue weighted by molar-refractivity contribution is -0.191. The summed E-state index contributed by atoms with van der Waals surface area (Å²) >= 11 is 0. The van der Waals surface area contributed by atoms with Crippen molar-refractivity contribution in [2.45, 2.75) is 18.7 Å². The van der Waals surface area contributed by atoms with Crippen LogP contribution in [0.15, 0.2) is 54.6 Å².